The van der Waals surface area contributed by atoms with E-state index in [1.807, 2.05) is 19.1 Å². The van der Waals surface area contributed by atoms with Crippen LogP contribution in [0, 0.1) is 0 Å². The fraction of sp³-hybridized carbons (Fsp3) is 0.348. The van der Waals surface area contributed by atoms with Crippen LogP contribution in [-0.2, 0) is 16.3 Å². The van der Waals surface area contributed by atoms with Gasteiger partial charge in [0, 0.05) is 29.9 Å². The molecule has 2 aromatic carbocycles. The lowest BCUT2D eigenvalue weighted by Crippen LogP contribution is -2.39. The summed E-state index contributed by atoms with van der Waals surface area (Å²) in [6.45, 7) is 3.89. The van der Waals surface area contributed by atoms with E-state index in [0.29, 0.717) is 37.6 Å². The molecule has 0 unspecified atom stereocenters. The van der Waals surface area contributed by atoms with Gasteiger partial charge >= 0.3 is 0 Å². The number of hydrogen-bond donors (Lipinski definition) is 0. The second-order valence-corrected chi connectivity index (χ2v) is 11.6. The lowest BCUT2D eigenvalue weighted by atomic mass is 10.1. The minimum Gasteiger partial charge on any atom is -0.494 e. The third-order valence-corrected chi connectivity index (χ3v) is 9.44. The molecular formula is C23H24Cl2N2O3S2. The number of thiazole rings is 1. The zero-order valence-electron chi connectivity index (χ0n) is 17.6. The van der Waals surface area contributed by atoms with Crippen molar-refractivity contribution in [1.82, 2.24) is 4.98 Å². The van der Waals surface area contributed by atoms with Crippen molar-refractivity contribution in [3.63, 3.8) is 0 Å². The van der Waals surface area contributed by atoms with Gasteiger partial charge in [-0.3, -0.25) is 0 Å². The summed E-state index contributed by atoms with van der Waals surface area (Å²) in [5, 5.41) is 3.12. The standard InChI is InChI=1S/C23H24Cl2N2O3S2/c1-2-30-19-6-3-16(4-7-19)13-18-15-31-23(26-18)27-11-9-20(10-12-27)32(28,29)22-14-17(24)5-8-21(22)25/h3-8,14-15,20H,2,9-13H2,1H3. The van der Waals surface area contributed by atoms with Crippen molar-refractivity contribution in [2.45, 2.75) is 36.3 Å². The molecule has 1 saturated heterocycles. The molecule has 0 bridgehead atoms. The van der Waals surface area contributed by atoms with E-state index < -0.39 is 15.1 Å². The van der Waals surface area contributed by atoms with Crippen LogP contribution in [0.2, 0.25) is 10.0 Å². The van der Waals surface area contributed by atoms with Crippen LogP contribution in [0.15, 0.2) is 52.7 Å². The Bertz CT molecular complexity index is 1170. The monoisotopic (exact) mass is 510 g/mol. The summed E-state index contributed by atoms with van der Waals surface area (Å²) in [6.07, 6.45) is 1.80. The molecule has 170 valence electrons. The van der Waals surface area contributed by atoms with Crippen molar-refractivity contribution in [2.24, 2.45) is 0 Å². The topological polar surface area (TPSA) is 59.5 Å². The second-order valence-electron chi connectivity index (χ2n) is 7.68. The van der Waals surface area contributed by atoms with Crippen LogP contribution in [0.3, 0.4) is 0 Å². The molecule has 0 radical (unpaired) electrons. The van der Waals surface area contributed by atoms with E-state index in [9.17, 15) is 8.42 Å². The van der Waals surface area contributed by atoms with Gasteiger partial charge in [0.1, 0.15) is 5.75 Å². The highest BCUT2D eigenvalue weighted by atomic mass is 35.5. The molecular weight excluding hydrogens is 487 g/mol. The Morgan fingerprint density at radius 3 is 2.53 bits per heavy atom. The normalized spacial score (nSPS) is 15.2. The van der Waals surface area contributed by atoms with Gasteiger partial charge in [-0.2, -0.15) is 0 Å². The van der Waals surface area contributed by atoms with Crippen LogP contribution in [0.25, 0.3) is 0 Å². The Labute approximate surface area is 202 Å². The Morgan fingerprint density at radius 1 is 1.12 bits per heavy atom. The van der Waals surface area contributed by atoms with E-state index in [-0.39, 0.29) is 9.92 Å². The van der Waals surface area contributed by atoms with Crippen LogP contribution in [0.5, 0.6) is 5.75 Å². The highest BCUT2D eigenvalue weighted by molar-refractivity contribution is 7.92. The van der Waals surface area contributed by atoms with Crippen molar-refractivity contribution >= 4 is 49.5 Å². The van der Waals surface area contributed by atoms with E-state index in [2.05, 4.69) is 22.4 Å². The van der Waals surface area contributed by atoms with Crippen molar-refractivity contribution in [1.29, 1.82) is 0 Å². The number of benzene rings is 2. The van der Waals surface area contributed by atoms with Gasteiger partial charge in [0.15, 0.2) is 15.0 Å². The van der Waals surface area contributed by atoms with E-state index >= 15 is 0 Å². The largest absolute Gasteiger partial charge is 0.494 e. The Balaban J connectivity index is 1.38. The summed E-state index contributed by atoms with van der Waals surface area (Å²) in [4.78, 5) is 7.07. The van der Waals surface area contributed by atoms with Crippen LogP contribution in [0.1, 0.15) is 31.0 Å². The smallest absolute Gasteiger partial charge is 0.185 e. The third kappa shape index (κ3) is 5.22. The summed E-state index contributed by atoms with van der Waals surface area (Å²) in [5.74, 6) is 0.868. The fourth-order valence-electron chi connectivity index (χ4n) is 3.83. The quantitative estimate of drug-likeness (QED) is 0.397. The fourth-order valence-corrected chi connectivity index (χ4v) is 7.21. The van der Waals surface area contributed by atoms with Crippen LogP contribution in [-0.4, -0.2) is 38.3 Å². The number of rotatable bonds is 7. The Morgan fingerprint density at radius 2 is 1.84 bits per heavy atom. The van der Waals surface area contributed by atoms with E-state index in [4.69, 9.17) is 32.9 Å². The van der Waals surface area contributed by atoms with Crippen LogP contribution < -0.4 is 9.64 Å². The van der Waals surface area contributed by atoms with E-state index in [0.717, 1.165) is 23.0 Å². The maximum atomic E-state index is 13.1. The van der Waals surface area contributed by atoms with Gasteiger partial charge in [0.2, 0.25) is 0 Å². The molecule has 0 aliphatic carbocycles. The molecule has 1 aliphatic rings. The van der Waals surface area contributed by atoms with E-state index in [1.165, 1.54) is 17.7 Å². The summed E-state index contributed by atoms with van der Waals surface area (Å²) < 4.78 is 31.7. The molecule has 0 spiro atoms. The van der Waals surface area contributed by atoms with Crippen molar-refractivity contribution < 1.29 is 13.2 Å². The van der Waals surface area contributed by atoms with Crippen molar-refractivity contribution in [3.05, 3.63) is 69.1 Å². The predicted molar refractivity (Wildman–Crippen MR) is 131 cm³/mol. The first kappa shape index (κ1) is 23.4. The summed E-state index contributed by atoms with van der Waals surface area (Å²) >= 11 is 13.8. The minimum absolute atomic E-state index is 0.122. The molecule has 0 atom stereocenters. The molecule has 0 saturated carbocycles. The lowest BCUT2D eigenvalue weighted by molar-refractivity contribution is 0.340. The van der Waals surface area contributed by atoms with Crippen LogP contribution in [0.4, 0.5) is 5.13 Å². The first-order chi connectivity index (χ1) is 15.4. The maximum Gasteiger partial charge on any atom is 0.185 e. The molecule has 32 heavy (non-hydrogen) atoms. The molecule has 5 nitrogen and oxygen atoms in total. The SMILES string of the molecule is CCOc1ccc(Cc2csc(N3CCC(S(=O)(=O)c4cc(Cl)ccc4Cl)CC3)n2)cc1. The lowest BCUT2D eigenvalue weighted by Gasteiger charge is -2.31. The molecule has 9 heteroatoms. The maximum absolute atomic E-state index is 13.1. The summed E-state index contributed by atoms with van der Waals surface area (Å²) in [6, 6.07) is 12.6. The average Bonchev–Trinajstić information content (AvgIpc) is 3.25. The molecule has 4 rings (SSSR count). The number of aromatic nitrogens is 1. The first-order valence-corrected chi connectivity index (χ1v) is 13.6. The Hall–Kier alpha value is -1.80. The first-order valence-electron chi connectivity index (χ1n) is 10.5. The van der Waals surface area contributed by atoms with Gasteiger partial charge in [-0.1, -0.05) is 35.3 Å². The number of anilines is 1. The van der Waals surface area contributed by atoms with Gasteiger partial charge in [-0.05, 0) is 55.7 Å². The molecule has 1 aliphatic heterocycles. The van der Waals surface area contributed by atoms with Gasteiger partial charge in [-0.25, -0.2) is 13.4 Å². The van der Waals surface area contributed by atoms with Gasteiger partial charge in [-0.15, -0.1) is 11.3 Å². The van der Waals surface area contributed by atoms with Crippen LogP contribution >= 0.6 is 34.5 Å². The van der Waals surface area contributed by atoms with Gasteiger partial charge < -0.3 is 9.64 Å². The van der Waals surface area contributed by atoms with Gasteiger partial charge in [0.25, 0.3) is 0 Å². The van der Waals surface area contributed by atoms with Crippen molar-refractivity contribution in [2.75, 3.05) is 24.6 Å². The molecule has 2 heterocycles. The molecule has 1 aromatic heterocycles. The molecule has 1 fully saturated rings. The van der Waals surface area contributed by atoms with E-state index in [1.54, 1.807) is 17.4 Å². The second kappa shape index (κ2) is 10.00. The zero-order valence-corrected chi connectivity index (χ0v) is 20.8. The summed E-state index contributed by atoms with van der Waals surface area (Å²) in [5.41, 5.74) is 2.18. The highest BCUT2D eigenvalue weighted by Crippen LogP contribution is 2.33. The predicted octanol–water partition coefficient (Wildman–Crippen LogP) is 5.88. The van der Waals surface area contributed by atoms with Gasteiger partial charge in [0.05, 0.1) is 27.5 Å². The molecule has 0 amide bonds. The third-order valence-electron chi connectivity index (χ3n) is 5.51. The zero-order chi connectivity index (χ0) is 22.7. The summed E-state index contributed by atoms with van der Waals surface area (Å²) in [7, 11) is -3.53. The minimum atomic E-state index is -3.53. The number of hydrogen-bond acceptors (Lipinski definition) is 6. The average molecular weight is 511 g/mol. The number of ether oxygens (including phenoxy) is 1. The number of sulfone groups is 1. The van der Waals surface area contributed by atoms with Crippen molar-refractivity contribution in [3.8, 4) is 5.75 Å². The molecule has 3 aromatic rings. The highest BCUT2D eigenvalue weighted by Gasteiger charge is 2.33. The number of piperidine rings is 1. The molecule has 0 N–H and O–H groups in total. The number of halogens is 2. The Kier molecular flexibility index (Phi) is 7.30. The number of nitrogens with zero attached hydrogens (tertiary/aromatic N) is 2.